The van der Waals surface area contributed by atoms with Crippen LogP contribution in [0.4, 0.5) is 11.5 Å². The first kappa shape index (κ1) is 17.0. The van der Waals surface area contributed by atoms with Crippen LogP contribution in [0, 0.1) is 6.92 Å². The molecule has 0 atom stereocenters. The molecular formula is C21H22N6. The number of benzene rings is 2. The Morgan fingerprint density at radius 1 is 1.04 bits per heavy atom. The average Bonchev–Trinajstić information content (AvgIpc) is 3.16. The molecular weight excluding hydrogens is 336 g/mol. The van der Waals surface area contributed by atoms with Gasteiger partial charge in [0, 0.05) is 38.0 Å². The van der Waals surface area contributed by atoms with Gasteiger partial charge in [-0.15, -0.1) is 0 Å². The first-order chi connectivity index (χ1) is 13.1. The highest BCUT2D eigenvalue weighted by Gasteiger charge is 2.10. The number of nitrogens with one attached hydrogen (secondary N) is 1. The van der Waals surface area contributed by atoms with Gasteiger partial charge in [0.05, 0.1) is 5.69 Å². The topological polar surface area (TPSA) is 58.3 Å². The van der Waals surface area contributed by atoms with E-state index in [0.717, 1.165) is 17.1 Å². The molecule has 0 saturated heterocycles. The highest BCUT2D eigenvalue weighted by atomic mass is 15.3. The molecule has 0 bridgehead atoms. The highest BCUT2D eigenvalue weighted by Crippen LogP contribution is 2.23. The summed E-state index contributed by atoms with van der Waals surface area (Å²) in [7, 11) is 4.10. The normalized spacial score (nSPS) is 10.9. The van der Waals surface area contributed by atoms with Crippen LogP contribution in [-0.4, -0.2) is 33.7 Å². The molecule has 0 fully saturated rings. The van der Waals surface area contributed by atoms with Gasteiger partial charge in [0.15, 0.2) is 0 Å². The summed E-state index contributed by atoms with van der Waals surface area (Å²) < 4.78 is 1.73. The third-order valence-corrected chi connectivity index (χ3v) is 4.62. The van der Waals surface area contributed by atoms with Crippen molar-refractivity contribution in [1.82, 2.24) is 19.6 Å². The summed E-state index contributed by atoms with van der Waals surface area (Å²) in [5.41, 5.74) is 5.62. The molecule has 0 aliphatic rings. The fourth-order valence-corrected chi connectivity index (χ4v) is 3.04. The number of hydrogen-bond acceptors (Lipinski definition) is 5. The van der Waals surface area contributed by atoms with Crippen LogP contribution < -0.4 is 10.2 Å². The van der Waals surface area contributed by atoms with Crippen molar-refractivity contribution in [2.24, 2.45) is 0 Å². The fourth-order valence-electron chi connectivity index (χ4n) is 3.04. The molecule has 0 spiro atoms. The largest absolute Gasteiger partial charge is 0.378 e. The van der Waals surface area contributed by atoms with Gasteiger partial charge in [-0.2, -0.15) is 14.6 Å². The van der Waals surface area contributed by atoms with Crippen molar-refractivity contribution in [3.63, 3.8) is 0 Å². The summed E-state index contributed by atoms with van der Waals surface area (Å²) in [5.74, 6) is 1.45. The number of nitrogens with zero attached hydrogens (tertiary/aromatic N) is 5. The Bertz CT molecular complexity index is 1070. The van der Waals surface area contributed by atoms with E-state index in [9.17, 15) is 0 Å². The second-order valence-corrected chi connectivity index (χ2v) is 6.72. The number of anilines is 2. The van der Waals surface area contributed by atoms with Gasteiger partial charge < -0.3 is 10.2 Å². The van der Waals surface area contributed by atoms with Crippen LogP contribution in [0.2, 0.25) is 0 Å². The van der Waals surface area contributed by atoms with E-state index in [1.165, 1.54) is 23.1 Å². The maximum absolute atomic E-state index is 4.61. The standard InChI is InChI=1S/C21H22N6/c1-15-11-18(26(2)3)10-9-17(15)13-22-20-12-19(16-7-5-4-6-8-16)25-21-23-14-24-27(20)21/h4-12,14,22H,13H2,1-3H3. The first-order valence-corrected chi connectivity index (χ1v) is 8.89. The molecule has 2 heterocycles. The summed E-state index contributed by atoms with van der Waals surface area (Å²) in [6, 6.07) is 18.6. The third-order valence-electron chi connectivity index (χ3n) is 4.62. The zero-order chi connectivity index (χ0) is 18.8. The Kier molecular flexibility index (Phi) is 4.46. The average molecular weight is 358 g/mol. The predicted octanol–water partition coefficient (Wildman–Crippen LogP) is 3.78. The Labute approximate surface area is 158 Å². The van der Waals surface area contributed by atoms with Crippen molar-refractivity contribution in [2.45, 2.75) is 13.5 Å². The zero-order valence-electron chi connectivity index (χ0n) is 15.7. The highest BCUT2D eigenvalue weighted by molar-refractivity contribution is 5.65. The molecule has 0 amide bonds. The number of aryl methyl sites for hydroxylation is 1. The molecule has 0 unspecified atom stereocenters. The molecule has 6 heteroatoms. The fraction of sp³-hybridized carbons (Fsp3) is 0.190. The molecule has 1 N–H and O–H groups in total. The van der Waals surface area contributed by atoms with Gasteiger partial charge in [-0.3, -0.25) is 0 Å². The van der Waals surface area contributed by atoms with Crippen LogP contribution in [-0.2, 0) is 6.54 Å². The van der Waals surface area contributed by atoms with Crippen molar-refractivity contribution in [1.29, 1.82) is 0 Å². The SMILES string of the molecule is Cc1cc(N(C)C)ccc1CNc1cc(-c2ccccc2)nc2ncnn12. The van der Waals surface area contributed by atoms with Gasteiger partial charge in [-0.25, -0.2) is 4.98 Å². The first-order valence-electron chi connectivity index (χ1n) is 8.89. The molecule has 4 aromatic rings. The van der Waals surface area contributed by atoms with Crippen molar-refractivity contribution >= 4 is 17.3 Å². The molecule has 136 valence electrons. The van der Waals surface area contributed by atoms with E-state index >= 15 is 0 Å². The summed E-state index contributed by atoms with van der Waals surface area (Å²) in [4.78, 5) is 11.0. The van der Waals surface area contributed by atoms with Crippen molar-refractivity contribution in [3.8, 4) is 11.3 Å². The summed E-state index contributed by atoms with van der Waals surface area (Å²) in [6.45, 7) is 2.84. The predicted molar refractivity (Wildman–Crippen MR) is 109 cm³/mol. The van der Waals surface area contributed by atoms with Gasteiger partial charge in [-0.05, 0) is 30.2 Å². The lowest BCUT2D eigenvalue weighted by Gasteiger charge is -2.16. The molecule has 0 saturated carbocycles. The van der Waals surface area contributed by atoms with E-state index in [2.05, 4.69) is 64.5 Å². The molecule has 2 aromatic heterocycles. The quantitative estimate of drug-likeness (QED) is 0.588. The minimum atomic E-state index is 0.582. The van der Waals surface area contributed by atoms with E-state index in [4.69, 9.17) is 0 Å². The summed E-state index contributed by atoms with van der Waals surface area (Å²) in [5, 5.41) is 7.80. The van der Waals surface area contributed by atoms with Gasteiger partial charge >= 0.3 is 0 Å². The van der Waals surface area contributed by atoms with Crippen LogP contribution in [0.3, 0.4) is 0 Å². The number of fused-ring (bicyclic) bond motifs is 1. The minimum Gasteiger partial charge on any atom is -0.378 e. The Morgan fingerprint density at radius 2 is 1.85 bits per heavy atom. The molecule has 27 heavy (non-hydrogen) atoms. The van der Waals surface area contributed by atoms with Crippen LogP contribution in [0.25, 0.3) is 17.0 Å². The van der Waals surface area contributed by atoms with Gasteiger partial charge in [0.25, 0.3) is 5.78 Å². The molecule has 6 nitrogen and oxygen atoms in total. The monoisotopic (exact) mass is 358 g/mol. The second-order valence-electron chi connectivity index (χ2n) is 6.72. The van der Waals surface area contributed by atoms with Crippen molar-refractivity contribution in [2.75, 3.05) is 24.3 Å². The number of hydrogen-bond donors (Lipinski definition) is 1. The zero-order valence-corrected chi connectivity index (χ0v) is 15.7. The summed E-state index contributed by atoms with van der Waals surface area (Å²) >= 11 is 0. The maximum Gasteiger partial charge on any atom is 0.254 e. The van der Waals surface area contributed by atoms with Gasteiger partial charge in [0.1, 0.15) is 12.1 Å². The third kappa shape index (κ3) is 3.46. The second kappa shape index (κ2) is 7.07. The van der Waals surface area contributed by atoms with Crippen molar-refractivity contribution in [3.05, 3.63) is 72.1 Å². The van der Waals surface area contributed by atoms with E-state index in [0.29, 0.717) is 12.3 Å². The molecule has 0 aliphatic carbocycles. The molecule has 2 aromatic carbocycles. The van der Waals surface area contributed by atoms with Crippen LogP contribution in [0.1, 0.15) is 11.1 Å². The lowest BCUT2D eigenvalue weighted by molar-refractivity contribution is 0.925. The lowest BCUT2D eigenvalue weighted by atomic mass is 10.1. The minimum absolute atomic E-state index is 0.582. The number of rotatable bonds is 5. The maximum atomic E-state index is 4.61. The van der Waals surface area contributed by atoms with Crippen LogP contribution in [0.15, 0.2) is 60.9 Å². The van der Waals surface area contributed by atoms with Crippen LogP contribution >= 0.6 is 0 Å². The van der Waals surface area contributed by atoms with Crippen LogP contribution in [0.5, 0.6) is 0 Å². The van der Waals surface area contributed by atoms with Gasteiger partial charge in [-0.1, -0.05) is 36.4 Å². The Hall–Kier alpha value is -3.41. The Morgan fingerprint density at radius 3 is 2.59 bits per heavy atom. The van der Waals surface area contributed by atoms with E-state index in [-0.39, 0.29) is 0 Å². The van der Waals surface area contributed by atoms with E-state index in [1.54, 1.807) is 4.52 Å². The Balaban J connectivity index is 1.65. The molecule has 0 aliphatic heterocycles. The van der Waals surface area contributed by atoms with Crippen molar-refractivity contribution < 1.29 is 0 Å². The molecule has 4 rings (SSSR count). The number of aromatic nitrogens is 4. The van der Waals surface area contributed by atoms with E-state index < -0.39 is 0 Å². The van der Waals surface area contributed by atoms with E-state index in [1.807, 2.05) is 36.4 Å². The molecule has 0 radical (unpaired) electrons. The summed E-state index contributed by atoms with van der Waals surface area (Å²) in [6.07, 6.45) is 1.53. The van der Waals surface area contributed by atoms with Gasteiger partial charge in [0.2, 0.25) is 0 Å². The lowest BCUT2D eigenvalue weighted by Crippen LogP contribution is -2.10. The smallest absolute Gasteiger partial charge is 0.254 e.